The van der Waals surface area contributed by atoms with Crippen LogP contribution in [-0.2, 0) is 23.7 Å². The zero-order valence-corrected chi connectivity index (χ0v) is 20.6. The van der Waals surface area contributed by atoms with Crippen LogP contribution in [0.1, 0.15) is 41.7 Å². The number of nitrogens with one attached hydrogen (secondary N) is 1. The number of nitrogens with zero attached hydrogens (tertiary/aromatic N) is 2. The summed E-state index contributed by atoms with van der Waals surface area (Å²) in [5.74, 6) is -1.11. The molecule has 1 aliphatic carbocycles. The first kappa shape index (κ1) is 25.0. The molecule has 0 unspecified atom stereocenters. The van der Waals surface area contributed by atoms with E-state index in [4.69, 9.17) is 21.1 Å². The minimum atomic E-state index is -4.26. The zero-order chi connectivity index (χ0) is 25.0. The molecule has 3 aromatic rings. The molecule has 186 valence electrons. The first-order valence-electron chi connectivity index (χ1n) is 11.1. The lowest BCUT2D eigenvalue weighted by Crippen LogP contribution is -2.31. The number of aromatic nitrogens is 2. The average Bonchev–Trinajstić information content (AvgIpc) is 3.49. The Labute approximate surface area is 208 Å². The van der Waals surface area contributed by atoms with Gasteiger partial charge in [-0.25, -0.2) is 22.5 Å². The molecule has 1 amide bonds. The zero-order valence-electron chi connectivity index (χ0n) is 19.0. The summed E-state index contributed by atoms with van der Waals surface area (Å²) >= 11 is 6.17. The van der Waals surface area contributed by atoms with Gasteiger partial charge in [-0.1, -0.05) is 24.4 Å². The smallest absolute Gasteiger partial charge is 0.268 e. The van der Waals surface area contributed by atoms with Crippen molar-refractivity contribution in [2.45, 2.75) is 37.2 Å². The van der Waals surface area contributed by atoms with Crippen molar-refractivity contribution < 1.29 is 27.1 Å². The predicted molar refractivity (Wildman–Crippen MR) is 127 cm³/mol. The van der Waals surface area contributed by atoms with E-state index < -0.39 is 27.3 Å². The molecule has 0 bridgehead atoms. The van der Waals surface area contributed by atoms with E-state index in [1.54, 1.807) is 17.1 Å². The Hall–Kier alpha value is -3.11. The number of hydrogen-bond acceptors (Lipinski definition) is 6. The summed E-state index contributed by atoms with van der Waals surface area (Å²) in [5.41, 5.74) is 0.340. The number of aryl methyl sites for hydroxylation is 1. The number of hydrogen-bond donors (Lipinski definition) is 1. The molecule has 1 fully saturated rings. The molecule has 35 heavy (non-hydrogen) atoms. The molecule has 0 spiro atoms. The average molecular weight is 522 g/mol. The molecular weight excluding hydrogens is 497 g/mol. The van der Waals surface area contributed by atoms with E-state index in [0.717, 1.165) is 43.5 Å². The van der Waals surface area contributed by atoms with Gasteiger partial charge in [0.1, 0.15) is 23.9 Å². The number of amides is 1. The van der Waals surface area contributed by atoms with Crippen LogP contribution in [0.3, 0.4) is 0 Å². The number of imidazole rings is 1. The standard InChI is InChI=1S/C24H25ClFN3O5S/c1-29-15-27-12-17(29)14-33-18-6-8-19(9-7-18)35(31,32)28-24(30)20-10-21(25)23(11-22(20)26)34-13-16-4-2-3-5-16/h6-12,15-16H,2-5,13-14H2,1H3,(H,28,30). The number of halogens is 2. The van der Waals surface area contributed by atoms with E-state index in [2.05, 4.69) is 4.98 Å². The summed E-state index contributed by atoms with van der Waals surface area (Å²) in [6.45, 7) is 0.667. The first-order chi connectivity index (χ1) is 16.7. The van der Waals surface area contributed by atoms with Crippen LogP contribution in [0.25, 0.3) is 0 Å². The summed E-state index contributed by atoms with van der Waals surface area (Å²) in [5, 5.41) is 0.0295. The van der Waals surface area contributed by atoms with Crippen LogP contribution < -0.4 is 14.2 Å². The highest BCUT2D eigenvalue weighted by Gasteiger charge is 2.23. The third-order valence-corrected chi connectivity index (χ3v) is 7.52. The number of benzene rings is 2. The van der Waals surface area contributed by atoms with E-state index in [1.165, 1.54) is 24.3 Å². The Morgan fingerprint density at radius 3 is 2.57 bits per heavy atom. The lowest BCUT2D eigenvalue weighted by Gasteiger charge is -2.14. The van der Waals surface area contributed by atoms with Gasteiger partial charge in [0.05, 0.1) is 40.3 Å². The number of sulfonamides is 1. The Morgan fingerprint density at radius 2 is 1.91 bits per heavy atom. The highest BCUT2D eigenvalue weighted by Crippen LogP contribution is 2.31. The van der Waals surface area contributed by atoms with Gasteiger partial charge in [0, 0.05) is 13.1 Å². The van der Waals surface area contributed by atoms with Crippen molar-refractivity contribution in [2.24, 2.45) is 13.0 Å². The van der Waals surface area contributed by atoms with Crippen molar-refractivity contribution in [3.8, 4) is 11.5 Å². The van der Waals surface area contributed by atoms with Gasteiger partial charge in [0.2, 0.25) is 0 Å². The van der Waals surface area contributed by atoms with Crippen molar-refractivity contribution >= 4 is 27.5 Å². The van der Waals surface area contributed by atoms with Gasteiger partial charge >= 0.3 is 0 Å². The number of carbonyl (C=O) groups excluding carboxylic acids is 1. The second-order valence-corrected chi connectivity index (χ2v) is 10.5. The minimum Gasteiger partial charge on any atom is -0.492 e. The minimum absolute atomic E-state index is 0.0295. The third-order valence-electron chi connectivity index (χ3n) is 5.88. The van der Waals surface area contributed by atoms with E-state index in [-0.39, 0.29) is 22.3 Å². The summed E-state index contributed by atoms with van der Waals surface area (Å²) in [6.07, 6.45) is 7.69. The van der Waals surface area contributed by atoms with Gasteiger partial charge in [-0.2, -0.15) is 0 Å². The number of rotatable bonds is 9. The summed E-state index contributed by atoms with van der Waals surface area (Å²) in [6, 6.07) is 7.58. The van der Waals surface area contributed by atoms with E-state index in [1.807, 2.05) is 11.8 Å². The fourth-order valence-electron chi connectivity index (χ4n) is 3.83. The van der Waals surface area contributed by atoms with Crippen molar-refractivity contribution in [3.63, 3.8) is 0 Å². The maximum Gasteiger partial charge on any atom is 0.268 e. The van der Waals surface area contributed by atoms with E-state index >= 15 is 0 Å². The molecule has 8 nitrogen and oxygen atoms in total. The molecule has 2 aromatic carbocycles. The van der Waals surface area contributed by atoms with Crippen molar-refractivity contribution in [1.29, 1.82) is 0 Å². The molecule has 11 heteroatoms. The van der Waals surface area contributed by atoms with Gasteiger partial charge in [0.25, 0.3) is 15.9 Å². The molecule has 0 radical (unpaired) electrons. The predicted octanol–water partition coefficient (Wildman–Crippen LogP) is 4.48. The lowest BCUT2D eigenvalue weighted by atomic mass is 10.1. The molecule has 0 aliphatic heterocycles. The Balaban J connectivity index is 1.39. The first-order valence-corrected chi connectivity index (χ1v) is 13.0. The van der Waals surface area contributed by atoms with Crippen LogP contribution in [0.15, 0.2) is 53.8 Å². The van der Waals surface area contributed by atoms with Crippen LogP contribution in [0, 0.1) is 11.7 Å². The summed E-state index contributed by atoms with van der Waals surface area (Å²) in [7, 11) is -2.43. The van der Waals surface area contributed by atoms with Crippen LogP contribution in [0.4, 0.5) is 4.39 Å². The van der Waals surface area contributed by atoms with Gasteiger partial charge < -0.3 is 14.0 Å². The van der Waals surface area contributed by atoms with Crippen LogP contribution >= 0.6 is 11.6 Å². The SMILES string of the molecule is Cn1cncc1COc1ccc(S(=O)(=O)NC(=O)c2cc(Cl)c(OCC3CCCC3)cc2F)cc1. The molecule has 1 saturated carbocycles. The second-order valence-electron chi connectivity index (χ2n) is 8.41. The summed E-state index contributed by atoms with van der Waals surface area (Å²) in [4.78, 5) is 16.4. The molecule has 0 saturated heterocycles. The molecule has 4 rings (SSSR count). The fraction of sp³-hybridized carbons (Fsp3) is 0.333. The van der Waals surface area contributed by atoms with E-state index in [0.29, 0.717) is 18.3 Å². The van der Waals surface area contributed by atoms with Gasteiger partial charge in [-0.05, 0) is 49.1 Å². The molecule has 1 aromatic heterocycles. The van der Waals surface area contributed by atoms with Crippen LogP contribution in [0.5, 0.6) is 11.5 Å². The topological polar surface area (TPSA) is 99.5 Å². The van der Waals surface area contributed by atoms with Crippen molar-refractivity contribution in [3.05, 3.63) is 71.0 Å². The molecular formula is C24H25ClFN3O5S. The van der Waals surface area contributed by atoms with E-state index in [9.17, 15) is 17.6 Å². The molecule has 1 aliphatic rings. The third kappa shape index (κ3) is 6.12. The Bertz CT molecular complexity index is 1310. The molecule has 1 heterocycles. The lowest BCUT2D eigenvalue weighted by molar-refractivity contribution is 0.0977. The van der Waals surface area contributed by atoms with Crippen molar-refractivity contribution in [1.82, 2.24) is 14.3 Å². The monoisotopic (exact) mass is 521 g/mol. The quantitative estimate of drug-likeness (QED) is 0.445. The van der Waals surface area contributed by atoms with Gasteiger partial charge in [-0.15, -0.1) is 0 Å². The number of ether oxygens (including phenoxy) is 2. The van der Waals surface area contributed by atoms with Crippen molar-refractivity contribution in [2.75, 3.05) is 6.61 Å². The maximum absolute atomic E-state index is 14.6. The van der Waals surface area contributed by atoms with Crippen LogP contribution in [0.2, 0.25) is 5.02 Å². The van der Waals surface area contributed by atoms with Gasteiger partial charge in [-0.3, -0.25) is 4.79 Å². The second kappa shape index (κ2) is 10.7. The fourth-order valence-corrected chi connectivity index (χ4v) is 5.01. The molecule has 1 N–H and O–H groups in total. The van der Waals surface area contributed by atoms with Gasteiger partial charge in [0.15, 0.2) is 0 Å². The highest BCUT2D eigenvalue weighted by atomic mass is 35.5. The summed E-state index contributed by atoms with van der Waals surface area (Å²) < 4.78 is 54.9. The highest BCUT2D eigenvalue weighted by molar-refractivity contribution is 7.90. The maximum atomic E-state index is 14.6. The largest absolute Gasteiger partial charge is 0.492 e. The Kier molecular flexibility index (Phi) is 7.61. The number of carbonyl (C=O) groups is 1. The molecule has 0 atom stereocenters. The van der Waals surface area contributed by atoms with Crippen LogP contribution in [-0.4, -0.2) is 30.5 Å². The normalized spacial score (nSPS) is 14.1. The Morgan fingerprint density at radius 1 is 1.20 bits per heavy atom.